The first-order valence-electron chi connectivity index (χ1n) is 7.64. The number of amides is 1. The third-order valence-electron chi connectivity index (χ3n) is 4.17. The van der Waals surface area contributed by atoms with Crippen molar-refractivity contribution < 1.29 is 19.1 Å². The van der Waals surface area contributed by atoms with Crippen LogP contribution in [0.25, 0.3) is 11.3 Å². The molecule has 120 valence electrons. The number of carboxylic acid groups (broad SMARTS) is 1. The van der Waals surface area contributed by atoms with Gasteiger partial charge in [0.25, 0.3) is 0 Å². The van der Waals surface area contributed by atoms with Gasteiger partial charge in [0.05, 0.1) is 6.20 Å². The fourth-order valence-electron chi connectivity index (χ4n) is 2.63. The second-order valence-corrected chi connectivity index (χ2v) is 5.77. The van der Waals surface area contributed by atoms with E-state index >= 15 is 0 Å². The first-order valence-corrected chi connectivity index (χ1v) is 7.64. The van der Waals surface area contributed by atoms with E-state index in [1.165, 1.54) is 0 Å². The molecule has 0 bridgehead atoms. The lowest BCUT2D eigenvalue weighted by molar-refractivity contribution is -0.151. The predicted molar refractivity (Wildman–Crippen MR) is 82.6 cm³/mol. The largest absolute Gasteiger partial charge is 0.480 e. The summed E-state index contributed by atoms with van der Waals surface area (Å²) in [6.45, 7) is 0. The normalized spacial score (nSPS) is 15.7. The zero-order valence-electron chi connectivity index (χ0n) is 12.6. The lowest BCUT2D eigenvalue weighted by Gasteiger charge is -2.38. The Labute approximate surface area is 133 Å². The lowest BCUT2D eigenvalue weighted by Crippen LogP contribution is -2.59. The molecule has 1 aromatic heterocycles. The molecule has 3 rings (SSSR count). The fourth-order valence-corrected chi connectivity index (χ4v) is 2.63. The summed E-state index contributed by atoms with van der Waals surface area (Å²) in [6.07, 6.45) is 3.94. The van der Waals surface area contributed by atoms with Gasteiger partial charge >= 0.3 is 5.97 Å². The van der Waals surface area contributed by atoms with Gasteiger partial charge in [0.2, 0.25) is 5.91 Å². The van der Waals surface area contributed by atoms with Crippen LogP contribution in [0.5, 0.6) is 0 Å². The van der Waals surface area contributed by atoms with E-state index < -0.39 is 11.5 Å². The van der Waals surface area contributed by atoms with Gasteiger partial charge in [-0.3, -0.25) is 4.79 Å². The van der Waals surface area contributed by atoms with Crippen LogP contribution in [-0.4, -0.2) is 27.5 Å². The minimum Gasteiger partial charge on any atom is -0.480 e. The molecule has 6 heteroatoms. The first kappa shape index (κ1) is 15.3. The number of carboxylic acids is 1. The van der Waals surface area contributed by atoms with Gasteiger partial charge in [0.1, 0.15) is 5.54 Å². The molecule has 6 nitrogen and oxygen atoms in total. The number of hydrogen-bond acceptors (Lipinski definition) is 4. The Morgan fingerprint density at radius 2 is 2.00 bits per heavy atom. The first-order chi connectivity index (χ1) is 11.1. The summed E-state index contributed by atoms with van der Waals surface area (Å²) < 4.78 is 5.63. The molecule has 1 aliphatic carbocycles. The zero-order chi connectivity index (χ0) is 16.3. The molecule has 0 radical (unpaired) electrons. The Hall–Kier alpha value is -2.63. The highest BCUT2D eigenvalue weighted by Gasteiger charge is 2.45. The molecule has 2 aromatic rings. The van der Waals surface area contributed by atoms with Crippen LogP contribution in [0.1, 0.15) is 31.6 Å². The van der Waals surface area contributed by atoms with E-state index in [9.17, 15) is 14.7 Å². The minimum absolute atomic E-state index is 0.157. The van der Waals surface area contributed by atoms with Crippen molar-refractivity contribution >= 4 is 11.9 Å². The molecule has 1 fully saturated rings. The van der Waals surface area contributed by atoms with Crippen LogP contribution in [0.15, 0.2) is 40.9 Å². The smallest absolute Gasteiger partial charge is 0.329 e. The van der Waals surface area contributed by atoms with Crippen LogP contribution >= 0.6 is 0 Å². The van der Waals surface area contributed by atoms with Crippen LogP contribution in [0.3, 0.4) is 0 Å². The zero-order valence-corrected chi connectivity index (χ0v) is 12.6. The van der Waals surface area contributed by atoms with E-state index in [1.54, 1.807) is 6.20 Å². The standard InChI is InChI=1S/C17H18N2O4/c20-14(19-17(16(21)22)9-4-10-17)7-8-15-18-11-13(23-15)12-5-2-1-3-6-12/h1-3,5-6,11H,4,7-10H2,(H,19,20)(H,21,22). The van der Waals surface area contributed by atoms with Gasteiger partial charge in [-0.2, -0.15) is 0 Å². The van der Waals surface area contributed by atoms with Crippen molar-refractivity contribution in [2.45, 2.75) is 37.6 Å². The molecule has 0 spiro atoms. The van der Waals surface area contributed by atoms with Gasteiger partial charge in [-0.15, -0.1) is 0 Å². The number of nitrogens with one attached hydrogen (secondary N) is 1. The second-order valence-electron chi connectivity index (χ2n) is 5.77. The topological polar surface area (TPSA) is 92.4 Å². The molecule has 0 unspecified atom stereocenters. The summed E-state index contributed by atoms with van der Waals surface area (Å²) >= 11 is 0. The van der Waals surface area contributed by atoms with E-state index in [4.69, 9.17) is 4.42 Å². The number of rotatable bonds is 6. The van der Waals surface area contributed by atoms with Crippen molar-refractivity contribution in [1.29, 1.82) is 0 Å². The van der Waals surface area contributed by atoms with Crippen LogP contribution in [0.4, 0.5) is 0 Å². The predicted octanol–water partition coefficient (Wildman–Crippen LogP) is 2.40. The van der Waals surface area contributed by atoms with Crippen LogP contribution < -0.4 is 5.32 Å². The summed E-state index contributed by atoms with van der Waals surface area (Å²) in [6, 6.07) is 9.59. The molecule has 0 aliphatic heterocycles. The van der Waals surface area contributed by atoms with Crippen molar-refractivity contribution in [3.63, 3.8) is 0 Å². The van der Waals surface area contributed by atoms with Gasteiger partial charge in [-0.05, 0) is 19.3 Å². The molecule has 1 aromatic carbocycles. The molecule has 2 N–H and O–H groups in total. The number of oxazole rings is 1. The average Bonchev–Trinajstić information content (AvgIpc) is 2.98. The van der Waals surface area contributed by atoms with E-state index in [1.807, 2.05) is 30.3 Å². The van der Waals surface area contributed by atoms with Crippen LogP contribution in [-0.2, 0) is 16.0 Å². The highest BCUT2D eigenvalue weighted by molar-refractivity contribution is 5.87. The number of hydrogen-bond donors (Lipinski definition) is 2. The molecule has 0 atom stereocenters. The van der Waals surface area contributed by atoms with Crippen molar-refractivity contribution in [3.8, 4) is 11.3 Å². The molecular weight excluding hydrogens is 296 g/mol. The Balaban J connectivity index is 1.56. The number of nitrogens with zero attached hydrogens (tertiary/aromatic N) is 1. The molecule has 1 heterocycles. The van der Waals surface area contributed by atoms with Crippen molar-refractivity contribution in [3.05, 3.63) is 42.4 Å². The Morgan fingerprint density at radius 1 is 1.26 bits per heavy atom. The van der Waals surface area contributed by atoms with Gasteiger partial charge in [0, 0.05) is 18.4 Å². The number of carbonyl (C=O) groups excluding carboxylic acids is 1. The molecule has 1 aliphatic rings. The maximum Gasteiger partial charge on any atom is 0.329 e. The monoisotopic (exact) mass is 314 g/mol. The molecule has 1 amide bonds. The Kier molecular flexibility index (Phi) is 4.14. The summed E-state index contributed by atoms with van der Waals surface area (Å²) in [7, 11) is 0. The van der Waals surface area contributed by atoms with Crippen molar-refractivity contribution in [2.24, 2.45) is 0 Å². The molecule has 0 saturated heterocycles. The van der Waals surface area contributed by atoms with Crippen molar-refractivity contribution in [1.82, 2.24) is 10.3 Å². The SMILES string of the molecule is O=C(CCc1ncc(-c2ccccc2)o1)NC1(C(=O)O)CCC1. The maximum atomic E-state index is 12.0. The van der Waals surface area contributed by atoms with Gasteiger partial charge < -0.3 is 14.8 Å². The lowest BCUT2D eigenvalue weighted by atomic mass is 9.76. The third kappa shape index (κ3) is 3.26. The molecule has 23 heavy (non-hydrogen) atoms. The van der Waals surface area contributed by atoms with Crippen LogP contribution in [0, 0.1) is 0 Å². The second kappa shape index (κ2) is 6.24. The number of aromatic nitrogens is 1. The molecule has 1 saturated carbocycles. The maximum absolute atomic E-state index is 12.0. The van der Waals surface area contributed by atoms with Gasteiger partial charge in [-0.1, -0.05) is 30.3 Å². The van der Waals surface area contributed by atoms with Gasteiger partial charge in [-0.25, -0.2) is 9.78 Å². The van der Waals surface area contributed by atoms with Crippen LogP contribution in [0.2, 0.25) is 0 Å². The van der Waals surface area contributed by atoms with E-state index in [0.29, 0.717) is 30.9 Å². The fraction of sp³-hybridized carbons (Fsp3) is 0.353. The number of carbonyl (C=O) groups is 2. The summed E-state index contributed by atoms with van der Waals surface area (Å²) in [5, 5.41) is 11.8. The average molecular weight is 314 g/mol. The Morgan fingerprint density at radius 3 is 2.61 bits per heavy atom. The number of aliphatic carboxylic acids is 1. The van der Waals surface area contributed by atoms with E-state index in [0.717, 1.165) is 12.0 Å². The third-order valence-corrected chi connectivity index (χ3v) is 4.17. The highest BCUT2D eigenvalue weighted by atomic mass is 16.4. The Bertz CT molecular complexity index is 704. The van der Waals surface area contributed by atoms with Gasteiger partial charge in [0.15, 0.2) is 11.7 Å². The van der Waals surface area contributed by atoms with E-state index in [2.05, 4.69) is 10.3 Å². The minimum atomic E-state index is -1.07. The number of aryl methyl sites for hydroxylation is 1. The number of benzene rings is 1. The quantitative estimate of drug-likeness (QED) is 0.854. The highest BCUT2D eigenvalue weighted by Crippen LogP contribution is 2.32. The summed E-state index contributed by atoms with van der Waals surface area (Å²) in [5.74, 6) is -0.120. The summed E-state index contributed by atoms with van der Waals surface area (Å²) in [4.78, 5) is 27.4. The molecular formula is C17H18N2O4. The van der Waals surface area contributed by atoms with Crippen molar-refractivity contribution in [2.75, 3.05) is 0 Å². The van der Waals surface area contributed by atoms with E-state index in [-0.39, 0.29) is 12.3 Å². The summed E-state index contributed by atoms with van der Waals surface area (Å²) in [5.41, 5.74) is -0.141.